The van der Waals surface area contributed by atoms with E-state index in [1.807, 2.05) is 0 Å². The van der Waals surface area contributed by atoms with Crippen LogP contribution in [0.2, 0.25) is 0 Å². The number of benzene rings is 1. The minimum atomic E-state index is -3.61. The van der Waals surface area contributed by atoms with Gasteiger partial charge in [0.15, 0.2) is 10.9 Å². The van der Waals surface area contributed by atoms with Crippen LogP contribution in [0.4, 0.5) is 10.8 Å². The van der Waals surface area contributed by atoms with Gasteiger partial charge in [-0.25, -0.2) is 13.4 Å². The molecule has 4 rings (SSSR count). The molecule has 0 saturated carbocycles. The third kappa shape index (κ3) is 3.34. The van der Waals surface area contributed by atoms with Gasteiger partial charge in [-0.3, -0.25) is 14.8 Å². The zero-order valence-corrected chi connectivity index (χ0v) is 15.5. The van der Waals surface area contributed by atoms with Gasteiger partial charge in [0.05, 0.1) is 22.2 Å². The molecule has 0 aliphatic carbocycles. The van der Waals surface area contributed by atoms with Crippen molar-refractivity contribution >= 4 is 59.6 Å². The van der Waals surface area contributed by atoms with Crippen LogP contribution in [0.25, 0.3) is 10.2 Å². The third-order valence-corrected chi connectivity index (χ3v) is 7.08. The Kier molecular flexibility index (Phi) is 4.23. The number of fused-ring (bicyclic) bond motifs is 1. The first-order chi connectivity index (χ1) is 12.5. The van der Waals surface area contributed by atoms with E-state index in [4.69, 9.17) is 4.42 Å². The van der Waals surface area contributed by atoms with Crippen LogP contribution in [0.1, 0.15) is 10.6 Å². The van der Waals surface area contributed by atoms with Gasteiger partial charge in [-0.05, 0) is 41.8 Å². The Labute approximate surface area is 156 Å². The molecule has 0 bridgehead atoms. The summed E-state index contributed by atoms with van der Waals surface area (Å²) in [5.74, 6) is -0.207. The first kappa shape index (κ1) is 16.8. The van der Waals surface area contributed by atoms with Crippen molar-refractivity contribution in [2.45, 2.75) is 4.21 Å². The Morgan fingerprint density at radius 2 is 2.04 bits per heavy atom. The van der Waals surface area contributed by atoms with Gasteiger partial charge < -0.3 is 4.42 Å². The molecule has 7 nitrogen and oxygen atoms in total. The van der Waals surface area contributed by atoms with Gasteiger partial charge in [0.25, 0.3) is 15.9 Å². The Morgan fingerprint density at radius 3 is 2.77 bits per heavy atom. The standard InChI is InChI=1S/C16H11N3O4S3/c20-15(12-3-1-7-23-12)18-16-17-11-6-5-10(9-13(11)25-16)19-26(21,22)14-4-2-8-24-14/h1-9,19H,(H,17,18,20). The summed E-state index contributed by atoms with van der Waals surface area (Å²) in [5.41, 5.74) is 1.09. The summed E-state index contributed by atoms with van der Waals surface area (Å²) in [5, 5.41) is 4.77. The van der Waals surface area contributed by atoms with Crippen molar-refractivity contribution in [1.29, 1.82) is 0 Å². The predicted octanol–water partition coefficient (Wildman–Crippen LogP) is 4.00. The molecular weight excluding hydrogens is 394 g/mol. The molecule has 26 heavy (non-hydrogen) atoms. The lowest BCUT2D eigenvalue weighted by Crippen LogP contribution is -2.11. The van der Waals surface area contributed by atoms with E-state index in [0.717, 1.165) is 16.0 Å². The van der Waals surface area contributed by atoms with E-state index >= 15 is 0 Å². The lowest BCUT2D eigenvalue weighted by Gasteiger charge is -2.05. The minimum absolute atomic E-state index is 0.189. The molecule has 0 fully saturated rings. The zero-order chi connectivity index (χ0) is 18.1. The summed E-state index contributed by atoms with van der Waals surface area (Å²) in [4.78, 5) is 16.3. The average Bonchev–Trinajstić information content (AvgIpc) is 3.35. The Hall–Kier alpha value is -2.69. The minimum Gasteiger partial charge on any atom is -0.459 e. The van der Waals surface area contributed by atoms with Crippen molar-refractivity contribution in [3.05, 3.63) is 59.9 Å². The van der Waals surface area contributed by atoms with E-state index in [1.165, 1.54) is 17.6 Å². The van der Waals surface area contributed by atoms with Gasteiger partial charge in [0, 0.05) is 0 Å². The number of amides is 1. The molecular formula is C16H11N3O4S3. The number of nitrogens with one attached hydrogen (secondary N) is 2. The summed E-state index contributed by atoms with van der Waals surface area (Å²) >= 11 is 2.39. The molecule has 0 aliphatic rings. The van der Waals surface area contributed by atoms with Crippen LogP contribution in [0.3, 0.4) is 0 Å². The predicted molar refractivity (Wildman–Crippen MR) is 101 cm³/mol. The van der Waals surface area contributed by atoms with Crippen molar-refractivity contribution < 1.29 is 17.6 Å². The Bertz CT molecular complexity index is 1160. The van der Waals surface area contributed by atoms with Crippen molar-refractivity contribution in [2.24, 2.45) is 0 Å². The van der Waals surface area contributed by atoms with Crippen molar-refractivity contribution in [3.63, 3.8) is 0 Å². The highest BCUT2D eigenvalue weighted by Gasteiger charge is 2.16. The van der Waals surface area contributed by atoms with Crippen molar-refractivity contribution in [1.82, 2.24) is 4.98 Å². The largest absolute Gasteiger partial charge is 0.459 e. The second kappa shape index (κ2) is 6.56. The zero-order valence-electron chi connectivity index (χ0n) is 13.0. The Balaban J connectivity index is 1.57. The monoisotopic (exact) mass is 405 g/mol. The van der Waals surface area contributed by atoms with Gasteiger partial charge in [0.2, 0.25) is 0 Å². The van der Waals surface area contributed by atoms with E-state index in [9.17, 15) is 13.2 Å². The third-order valence-electron chi connectivity index (χ3n) is 3.37. The maximum absolute atomic E-state index is 12.3. The molecule has 0 spiro atoms. The number of nitrogens with zero attached hydrogens (tertiary/aromatic N) is 1. The molecule has 132 valence electrons. The fourth-order valence-corrected chi connectivity index (χ4v) is 5.17. The maximum Gasteiger partial charge on any atom is 0.293 e. The molecule has 3 heterocycles. The number of aromatic nitrogens is 1. The highest BCUT2D eigenvalue weighted by molar-refractivity contribution is 7.94. The molecule has 4 aromatic rings. The maximum atomic E-state index is 12.3. The molecule has 0 aliphatic heterocycles. The van der Waals surface area contributed by atoms with Gasteiger partial charge in [-0.2, -0.15) is 0 Å². The lowest BCUT2D eigenvalue weighted by atomic mass is 10.3. The molecule has 0 atom stereocenters. The van der Waals surface area contributed by atoms with E-state index in [-0.39, 0.29) is 9.97 Å². The average molecular weight is 405 g/mol. The van der Waals surface area contributed by atoms with Crippen LogP contribution in [-0.4, -0.2) is 19.3 Å². The van der Waals surface area contributed by atoms with Crippen molar-refractivity contribution in [3.8, 4) is 0 Å². The topological polar surface area (TPSA) is 101 Å². The van der Waals surface area contributed by atoms with Crippen LogP contribution in [0.5, 0.6) is 0 Å². The SMILES string of the molecule is O=C(Nc1nc2ccc(NS(=O)(=O)c3cccs3)cc2s1)c1ccco1. The smallest absolute Gasteiger partial charge is 0.293 e. The number of thiazole rings is 1. The fourth-order valence-electron chi connectivity index (χ4n) is 2.23. The molecule has 1 amide bonds. The molecule has 3 aromatic heterocycles. The number of thiophene rings is 1. The lowest BCUT2D eigenvalue weighted by molar-refractivity contribution is 0.0996. The molecule has 0 unspecified atom stereocenters. The number of rotatable bonds is 5. The summed E-state index contributed by atoms with van der Waals surface area (Å²) in [6.45, 7) is 0. The molecule has 1 aromatic carbocycles. The summed E-state index contributed by atoms with van der Waals surface area (Å²) in [6, 6.07) is 11.4. The van der Waals surface area contributed by atoms with Gasteiger partial charge >= 0.3 is 0 Å². The van der Waals surface area contributed by atoms with E-state index in [2.05, 4.69) is 15.0 Å². The molecule has 0 saturated heterocycles. The number of hydrogen-bond acceptors (Lipinski definition) is 7. The quantitative estimate of drug-likeness (QED) is 0.522. The van der Waals surface area contributed by atoms with Crippen LogP contribution in [-0.2, 0) is 10.0 Å². The van der Waals surface area contributed by atoms with Crippen molar-refractivity contribution in [2.75, 3.05) is 10.0 Å². The van der Waals surface area contributed by atoms with Crippen LogP contribution >= 0.6 is 22.7 Å². The van der Waals surface area contributed by atoms with E-state index in [1.54, 1.807) is 47.8 Å². The number of anilines is 2. The highest BCUT2D eigenvalue weighted by Crippen LogP contribution is 2.30. The normalized spacial score (nSPS) is 11.5. The number of furan rings is 1. The van der Waals surface area contributed by atoms with E-state index < -0.39 is 15.9 Å². The van der Waals surface area contributed by atoms with Crippen LogP contribution in [0, 0.1) is 0 Å². The summed E-state index contributed by atoms with van der Waals surface area (Å²) in [6.07, 6.45) is 1.42. The second-order valence-corrected chi connectivity index (χ2v) is 9.06. The van der Waals surface area contributed by atoms with Crippen LogP contribution < -0.4 is 10.0 Å². The number of carbonyl (C=O) groups is 1. The summed E-state index contributed by atoms with van der Waals surface area (Å²) in [7, 11) is -3.61. The molecule has 0 radical (unpaired) electrons. The fraction of sp³-hybridized carbons (Fsp3) is 0. The molecule has 2 N–H and O–H groups in total. The second-order valence-electron chi connectivity index (χ2n) is 5.17. The number of carbonyl (C=O) groups excluding carboxylic acids is 1. The van der Waals surface area contributed by atoms with E-state index in [0.29, 0.717) is 16.3 Å². The highest BCUT2D eigenvalue weighted by atomic mass is 32.2. The van der Waals surface area contributed by atoms with Gasteiger partial charge in [-0.1, -0.05) is 17.4 Å². The number of hydrogen-bond donors (Lipinski definition) is 2. The first-order valence-electron chi connectivity index (χ1n) is 7.33. The van der Waals surface area contributed by atoms with Gasteiger partial charge in [-0.15, -0.1) is 11.3 Å². The first-order valence-corrected chi connectivity index (χ1v) is 10.5. The Morgan fingerprint density at radius 1 is 1.15 bits per heavy atom. The summed E-state index contributed by atoms with van der Waals surface area (Å²) < 4.78 is 33.2. The molecule has 10 heteroatoms. The number of sulfonamides is 1. The van der Waals surface area contributed by atoms with Gasteiger partial charge in [0.1, 0.15) is 4.21 Å². The van der Waals surface area contributed by atoms with Crippen LogP contribution in [0.15, 0.2) is 62.7 Å².